The lowest BCUT2D eigenvalue weighted by atomic mass is 9.82. The van der Waals surface area contributed by atoms with E-state index in [0.717, 1.165) is 23.3 Å². The summed E-state index contributed by atoms with van der Waals surface area (Å²) in [5, 5.41) is 1.15. The van der Waals surface area contributed by atoms with Gasteiger partial charge in [-0.2, -0.15) is 0 Å². The minimum atomic E-state index is 0.279. The van der Waals surface area contributed by atoms with Crippen LogP contribution in [-0.4, -0.2) is 24.3 Å². The zero-order chi connectivity index (χ0) is 15.0. The van der Waals surface area contributed by atoms with E-state index < -0.39 is 0 Å². The second-order valence-electron chi connectivity index (χ2n) is 6.45. The first-order chi connectivity index (χ1) is 10.8. The van der Waals surface area contributed by atoms with Gasteiger partial charge >= 0.3 is 0 Å². The molecule has 2 aromatic rings. The van der Waals surface area contributed by atoms with Crippen molar-refractivity contribution in [3.05, 3.63) is 42.1 Å². The van der Waals surface area contributed by atoms with Crippen LogP contribution in [0, 0.1) is 5.92 Å². The molecule has 0 atom stereocenters. The van der Waals surface area contributed by atoms with Crippen molar-refractivity contribution in [2.75, 3.05) is 13.7 Å². The summed E-state index contributed by atoms with van der Waals surface area (Å²) in [5.74, 6) is 1.55. The first-order valence-electron chi connectivity index (χ1n) is 8.03. The Morgan fingerprint density at radius 2 is 2.09 bits per heavy atom. The Balaban J connectivity index is 1.56. The molecule has 1 aliphatic heterocycles. The van der Waals surface area contributed by atoms with Crippen molar-refractivity contribution in [3.8, 4) is 5.75 Å². The van der Waals surface area contributed by atoms with Gasteiger partial charge in [-0.15, -0.1) is 0 Å². The van der Waals surface area contributed by atoms with Crippen molar-refractivity contribution >= 4 is 17.0 Å². The van der Waals surface area contributed by atoms with Crippen molar-refractivity contribution in [2.45, 2.75) is 31.3 Å². The molecular formula is C19H21NO2. The number of benzene rings is 1. The van der Waals surface area contributed by atoms with Crippen LogP contribution in [0.25, 0.3) is 17.0 Å². The van der Waals surface area contributed by atoms with Crippen LogP contribution in [0.15, 0.2) is 36.5 Å². The standard InChI is InChI=1S/C19H21NO2/c1-21-16-4-5-18-17(12-16)15(8-11-20-18)3-2-14-6-9-19(10-7-14)13-22-19/h2-5,8,11-12,14H,6-7,9-10,13H2,1H3. The number of allylic oxidation sites excluding steroid dienone is 1. The lowest BCUT2D eigenvalue weighted by molar-refractivity contribution is 0.216. The molecule has 1 saturated carbocycles. The van der Waals surface area contributed by atoms with E-state index in [4.69, 9.17) is 9.47 Å². The monoisotopic (exact) mass is 295 g/mol. The molecule has 0 N–H and O–H groups in total. The van der Waals surface area contributed by atoms with Gasteiger partial charge in [0.15, 0.2) is 0 Å². The van der Waals surface area contributed by atoms with Crippen LogP contribution in [0.2, 0.25) is 0 Å². The van der Waals surface area contributed by atoms with E-state index in [-0.39, 0.29) is 5.60 Å². The maximum Gasteiger partial charge on any atom is 0.119 e. The molecule has 4 rings (SSSR count). The van der Waals surface area contributed by atoms with Gasteiger partial charge in [-0.1, -0.05) is 12.2 Å². The van der Waals surface area contributed by atoms with Crippen molar-refractivity contribution in [2.24, 2.45) is 5.92 Å². The Hall–Kier alpha value is -1.87. The number of aromatic nitrogens is 1. The lowest BCUT2D eigenvalue weighted by Crippen LogP contribution is -2.20. The quantitative estimate of drug-likeness (QED) is 0.795. The fraction of sp³-hybridized carbons (Fsp3) is 0.421. The van der Waals surface area contributed by atoms with Gasteiger partial charge in [-0.05, 0) is 61.4 Å². The number of hydrogen-bond acceptors (Lipinski definition) is 3. The van der Waals surface area contributed by atoms with Crippen molar-refractivity contribution in [1.82, 2.24) is 4.98 Å². The summed E-state index contributed by atoms with van der Waals surface area (Å²) < 4.78 is 10.9. The second kappa shape index (κ2) is 5.40. The molecule has 3 heteroatoms. The van der Waals surface area contributed by atoms with E-state index in [1.165, 1.54) is 31.2 Å². The molecule has 1 aromatic carbocycles. The Kier molecular flexibility index (Phi) is 3.38. The summed E-state index contributed by atoms with van der Waals surface area (Å²) in [7, 11) is 1.70. The first kappa shape index (κ1) is 13.8. The molecule has 22 heavy (non-hydrogen) atoms. The zero-order valence-electron chi connectivity index (χ0n) is 12.9. The highest BCUT2D eigenvalue weighted by molar-refractivity contribution is 5.88. The molecule has 0 bridgehead atoms. The lowest BCUT2D eigenvalue weighted by Gasteiger charge is -2.23. The van der Waals surface area contributed by atoms with E-state index >= 15 is 0 Å². The number of pyridine rings is 1. The molecule has 3 nitrogen and oxygen atoms in total. The Morgan fingerprint density at radius 1 is 1.27 bits per heavy atom. The molecule has 2 heterocycles. The van der Waals surface area contributed by atoms with Gasteiger partial charge in [0, 0.05) is 11.6 Å². The molecule has 2 fully saturated rings. The topological polar surface area (TPSA) is 34.6 Å². The Labute approximate surface area is 131 Å². The molecule has 1 saturated heterocycles. The number of fused-ring (bicyclic) bond motifs is 1. The summed E-state index contributed by atoms with van der Waals surface area (Å²) in [4.78, 5) is 4.43. The maximum atomic E-state index is 5.58. The second-order valence-corrected chi connectivity index (χ2v) is 6.45. The largest absolute Gasteiger partial charge is 0.497 e. The summed E-state index contributed by atoms with van der Waals surface area (Å²) in [5.41, 5.74) is 2.50. The highest BCUT2D eigenvalue weighted by Gasteiger charge is 2.46. The van der Waals surface area contributed by atoms with E-state index in [1.807, 2.05) is 18.3 Å². The van der Waals surface area contributed by atoms with Gasteiger partial charge in [0.25, 0.3) is 0 Å². The molecule has 1 spiro atoms. The molecule has 0 amide bonds. The van der Waals surface area contributed by atoms with Gasteiger partial charge in [-0.3, -0.25) is 4.98 Å². The molecule has 0 unspecified atom stereocenters. The van der Waals surface area contributed by atoms with Gasteiger partial charge < -0.3 is 9.47 Å². The van der Waals surface area contributed by atoms with Crippen LogP contribution < -0.4 is 4.74 Å². The molecule has 0 radical (unpaired) electrons. The molecule has 1 aliphatic carbocycles. The average molecular weight is 295 g/mol. The highest BCUT2D eigenvalue weighted by Crippen LogP contribution is 2.44. The third kappa shape index (κ3) is 2.61. The minimum absolute atomic E-state index is 0.279. The van der Waals surface area contributed by atoms with Gasteiger partial charge in [0.2, 0.25) is 0 Å². The third-order valence-corrected chi connectivity index (χ3v) is 5.02. The van der Waals surface area contributed by atoms with E-state index in [9.17, 15) is 0 Å². The predicted molar refractivity (Wildman–Crippen MR) is 88.0 cm³/mol. The summed E-state index contributed by atoms with van der Waals surface area (Å²) in [6, 6.07) is 8.11. The predicted octanol–water partition coefficient (Wildman–Crippen LogP) is 4.22. The number of epoxide rings is 1. The van der Waals surface area contributed by atoms with E-state index in [2.05, 4.69) is 29.3 Å². The fourth-order valence-electron chi connectivity index (χ4n) is 3.41. The smallest absolute Gasteiger partial charge is 0.119 e. The van der Waals surface area contributed by atoms with Gasteiger partial charge in [-0.25, -0.2) is 0 Å². The van der Waals surface area contributed by atoms with Crippen LogP contribution >= 0.6 is 0 Å². The molecule has 1 aromatic heterocycles. The van der Waals surface area contributed by atoms with Gasteiger partial charge in [0.05, 0.1) is 24.8 Å². The van der Waals surface area contributed by atoms with Crippen LogP contribution in [0.1, 0.15) is 31.2 Å². The van der Waals surface area contributed by atoms with Crippen molar-refractivity contribution < 1.29 is 9.47 Å². The molecule has 2 aliphatic rings. The van der Waals surface area contributed by atoms with Crippen LogP contribution in [0.3, 0.4) is 0 Å². The van der Waals surface area contributed by atoms with E-state index in [0.29, 0.717) is 5.92 Å². The van der Waals surface area contributed by atoms with Gasteiger partial charge in [0.1, 0.15) is 5.75 Å². The Bertz CT molecular complexity index is 708. The number of rotatable bonds is 3. The Morgan fingerprint density at radius 3 is 2.82 bits per heavy atom. The number of hydrogen-bond donors (Lipinski definition) is 0. The van der Waals surface area contributed by atoms with Crippen molar-refractivity contribution in [1.29, 1.82) is 0 Å². The zero-order valence-corrected chi connectivity index (χ0v) is 12.9. The van der Waals surface area contributed by atoms with Crippen molar-refractivity contribution in [3.63, 3.8) is 0 Å². The van der Waals surface area contributed by atoms with Crippen LogP contribution in [-0.2, 0) is 4.74 Å². The number of nitrogens with zero attached hydrogens (tertiary/aromatic N) is 1. The molecular weight excluding hydrogens is 274 g/mol. The minimum Gasteiger partial charge on any atom is -0.497 e. The van der Waals surface area contributed by atoms with E-state index in [1.54, 1.807) is 7.11 Å². The highest BCUT2D eigenvalue weighted by atomic mass is 16.6. The summed E-state index contributed by atoms with van der Waals surface area (Å²) in [6.07, 6.45) is 11.4. The summed E-state index contributed by atoms with van der Waals surface area (Å²) in [6.45, 7) is 0.984. The number of methoxy groups -OCH3 is 1. The third-order valence-electron chi connectivity index (χ3n) is 5.02. The van der Waals surface area contributed by atoms with Crippen LogP contribution in [0.5, 0.6) is 5.75 Å². The van der Waals surface area contributed by atoms with Crippen LogP contribution in [0.4, 0.5) is 0 Å². The SMILES string of the molecule is COc1ccc2nccc(C=CC3CCC4(CC3)CO4)c2c1. The summed E-state index contributed by atoms with van der Waals surface area (Å²) >= 11 is 0. The molecule has 114 valence electrons. The average Bonchev–Trinajstić information content (AvgIpc) is 3.33. The maximum absolute atomic E-state index is 5.58. The normalized spacial score (nSPS) is 27.6. The number of ether oxygens (including phenoxy) is 2. The fourth-order valence-corrected chi connectivity index (χ4v) is 3.41. The first-order valence-corrected chi connectivity index (χ1v) is 8.03.